The number of carbonyl (C=O) groups excluding carboxylic acids is 1. The van der Waals surface area contributed by atoms with Crippen LogP contribution < -0.4 is 5.32 Å². The van der Waals surface area contributed by atoms with Gasteiger partial charge in [-0.1, -0.05) is 6.42 Å². The average Bonchev–Trinajstić information content (AvgIpc) is 2.17. The van der Waals surface area contributed by atoms with Gasteiger partial charge in [-0.3, -0.25) is 9.59 Å². The molecular weight excluding hydrogens is 170 g/mol. The van der Waals surface area contributed by atoms with E-state index in [1.54, 1.807) is 7.05 Å². The minimum Gasteiger partial charge on any atom is -0.481 e. The molecule has 0 aromatic carbocycles. The van der Waals surface area contributed by atoms with Gasteiger partial charge in [0.25, 0.3) is 0 Å². The molecule has 0 aliphatic heterocycles. The van der Waals surface area contributed by atoms with Crippen molar-refractivity contribution in [3.63, 3.8) is 0 Å². The smallest absolute Gasteiger partial charge is 0.306 e. The van der Waals surface area contributed by atoms with Crippen molar-refractivity contribution < 1.29 is 14.7 Å². The molecule has 0 radical (unpaired) electrons. The van der Waals surface area contributed by atoms with Gasteiger partial charge >= 0.3 is 5.97 Å². The molecule has 0 aromatic rings. The van der Waals surface area contributed by atoms with E-state index < -0.39 is 5.97 Å². The highest BCUT2D eigenvalue weighted by Gasteiger charge is 2.30. The lowest BCUT2D eigenvalue weighted by atomic mass is 9.81. The van der Waals surface area contributed by atoms with Gasteiger partial charge in [0.1, 0.15) is 0 Å². The minimum absolute atomic E-state index is 0.0223. The second kappa shape index (κ2) is 4.25. The molecule has 13 heavy (non-hydrogen) atoms. The van der Waals surface area contributed by atoms with Crippen molar-refractivity contribution in [2.75, 3.05) is 7.05 Å². The van der Waals surface area contributed by atoms with E-state index in [0.717, 1.165) is 12.8 Å². The molecule has 0 spiro atoms. The summed E-state index contributed by atoms with van der Waals surface area (Å²) < 4.78 is 0. The van der Waals surface area contributed by atoms with E-state index >= 15 is 0 Å². The molecule has 0 heterocycles. The van der Waals surface area contributed by atoms with Crippen LogP contribution in [0.2, 0.25) is 0 Å². The van der Waals surface area contributed by atoms with E-state index in [1.807, 2.05) is 0 Å². The van der Waals surface area contributed by atoms with Crippen LogP contribution >= 0.6 is 0 Å². The number of carboxylic acids is 1. The van der Waals surface area contributed by atoms with E-state index in [1.165, 1.54) is 0 Å². The summed E-state index contributed by atoms with van der Waals surface area (Å²) in [4.78, 5) is 21.9. The van der Waals surface area contributed by atoms with Crippen LogP contribution in [0, 0.1) is 11.8 Å². The van der Waals surface area contributed by atoms with Gasteiger partial charge in [0.05, 0.1) is 5.92 Å². The third kappa shape index (κ3) is 2.44. The standard InChI is InChI=1S/C9H15NO3/c1-10-8(11)6-3-2-4-7(5-6)9(12)13/h6-7H,2-5H2,1H3,(H,10,11)(H,12,13)/t6-,7+/m1/s1. The maximum Gasteiger partial charge on any atom is 0.306 e. The van der Waals surface area contributed by atoms with Crippen LogP contribution in [0.3, 0.4) is 0 Å². The molecule has 2 N–H and O–H groups in total. The van der Waals surface area contributed by atoms with Crippen LogP contribution in [-0.4, -0.2) is 24.0 Å². The number of carboxylic acid groups (broad SMARTS) is 1. The number of nitrogens with one attached hydrogen (secondary N) is 1. The van der Waals surface area contributed by atoms with Gasteiger partial charge in [0, 0.05) is 13.0 Å². The van der Waals surface area contributed by atoms with Gasteiger partial charge in [-0.2, -0.15) is 0 Å². The summed E-state index contributed by atoms with van der Waals surface area (Å²) in [5.74, 6) is -1.21. The second-order valence-electron chi connectivity index (χ2n) is 3.51. The van der Waals surface area contributed by atoms with E-state index in [4.69, 9.17) is 5.11 Å². The predicted molar refractivity (Wildman–Crippen MR) is 47.2 cm³/mol. The number of rotatable bonds is 2. The lowest BCUT2D eigenvalue weighted by molar-refractivity contribution is -0.144. The van der Waals surface area contributed by atoms with Gasteiger partial charge in [-0.05, 0) is 19.3 Å². The lowest BCUT2D eigenvalue weighted by Crippen LogP contribution is -2.33. The number of hydrogen-bond acceptors (Lipinski definition) is 2. The van der Waals surface area contributed by atoms with Crippen molar-refractivity contribution in [1.82, 2.24) is 5.32 Å². The zero-order valence-electron chi connectivity index (χ0n) is 7.75. The van der Waals surface area contributed by atoms with Crippen molar-refractivity contribution in [3.05, 3.63) is 0 Å². The zero-order chi connectivity index (χ0) is 9.84. The molecule has 1 saturated carbocycles. The first-order valence-corrected chi connectivity index (χ1v) is 4.59. The van der Waals surface area contributed by atoms with Crippen molar-refractivity contribution in [2.45, 2.75) is 25.7 Å². The molecule has 4 heteroatoms. The first kappa shape index (κ1) is 10.0. The Labute approximate surface area is 77.3 Å². The lowest BCUT2D eigenvalue weighted by Gasteiger charge is -2.24. The SMILES string of the molecule is CNC(=O)[C@@H]1CCC[C@H](C(=O)O)C1. The van der Waals surface area contributed by atoms with Crippen molar-refractivity contribution in [3.8, 4) is 0 Å². The number of hydrogen-bond donors (Lipinski definition) is 2. The van der Waals surface area contributed by atoms with Gasteiger partial charge in [0.2, 0.25) is 5.91 Å². The van der Waals surface area contributed by atoms with E-state index in [9.17, 15) is 9.59 Å². The summed E-state index contributed by atoms with van der Waals surface area (Å²) in [7, 11) is 1.59. The molecule has 0 bridgehead atoms. The Bertz CT molecular complexity index is 215. The Balaban J connectivity index is 2.51. The number of aliphatic carboxylic acids is 1. The molecule has 1 amide bonds. The van der Waals surface area contributed by atoms with Crippen LogP contribution in [0.1, 0.15) is 25.7 Å². The molecule has 0 saturated heterocycles. The van der Waals surface area contributed by atoms with Gasteiger partial charge < -0.3 is 10.4 Å². The van der Waals surface area contributed by atoms with Crippen LogP contribution in [0.4, 0.5) is 0 Å². The van der Waals surface area contributed by atoms with Gasteiger partial charge in [-0.25, -0.2) is 0 Å². The quantitative estimate of drug-likeness (QED) is 0.662. The normalized spacial score (nSPS) is 28.1. The van der Waals surface area contributed by atoms with Gasteiger partial charge in [0.15, 0.2) is 0 Å². The molecular formula is C9H15NO3. The van der Waals surface area contributed by atoms with Crippen molar-refractivity contribution in [1.29, 1.82) is 0 Å². The highest BCUT2D eigenvalue weighted by atomic mass is 16.4. The summed E-state index contributed by atoms with van der Waals surface area (Å²) in [6.45, 7) is 0. The molecule has 74 valence electrons. The third-order valence-electron chi connectivity index (χ3n) is 2.64. The number of carbonyl (C=O) groups is 2. The molecule has 4 nitrogen and oxygen atoms in total. The fraction of sp³-hybridized carbons (Fsp3) is 0.778. The maximum atomic E-state index is 11.2. The highest BCUT2D eigenvalue weighted by Crippen LogP contribution is 2.29. The molecule has 0 aromatic heterocycles. The fourth-order valence-corrected chi connectivity index (χ4v) is 1.86. The Morgan fingerprint density at radius 3 is 2.46 bits per heavy atom. The van der Waals surface area contributed by atoms with Crippen LogP contribution in [0.15, 0.2) is 0 Å². The monoisotopic (exact) mass is 185 g/mol. The molecule has 1 aliphatic rings. The Morgan fingerprint density at radius 1 is 1.31 bits per heavy atom. The molecule has 0 unspecified atom stereocenters. The summed E-state index contributed by atoms with van der Waals surface area (Å²) in [5.41, 5.74) is 0. The Kier molecular flexibility index (Phi) is 3.28. The second-order valence-corrected chi connectivity index (χ2v) is 3.51. The van der Waals surface area contributed by atoms with Crippen LogP contribution in [-0.2, 0) is 9.59 Å². The largest absolute Gasteiger partial charge is 0.481 e. The number of amides is 1. The Hall–Kier alpha value is -1.06. The van der Waals surface area contributed by atoms with E-state index in [2.05, 4.69) is 5.32 Å². The maximum absolute atomic E-state index is 11.2. The molecule has 1 fully saturated rings. The topological polar surface area (TPSA) is 66.4 Å². The molecule has 1 rings (SSSR count). The third-order valence-corrected chi connectivity index (χ3v) is 2.64. The molecule has 1 aliphatic carbocycles. The van der Waals surface area contributed by atoms with E-state index in [0.29, 0.717) is 12.8 Å². The van der Waals surface area contributed by atoms with Crippen molar-refractivity contribution in [2.24, 2.45) is 11.8 Å². The summed E-state index contributed by atoms with van der Waals surface area (Å²) in [6.07, 6.45) is 2.87. The minimum atomic E-state index is -0.770. The molecule has 2 atom stereocenters. The first-order valence-electron chi connectivity index (χ1n) is 4.59. The fourth-order valence-electron chi connectivity index (χ4n) is 1.86. The predicted octanol–water partition coefficient (Wildman–Crippen LogP) is 0.623. The van der Waals surface area contributed by atoms with Crippen LogP contribution in [0.5, 0.6) is 0 Å². The van der Waals surface area contributed by atoms with E-state index in [-0.39, 0.29) is 17.7 Å². The zero-order valence-corrected chi connectivity index (χ0v) is 7.75. The Morgan fingerprint density at radius 2 is 1.92 bits per heavy atom. The average molecular weight is 185 g/mol. The summed E-state index contributed by atoms with van der Waals surface area (Å²) in [6, 6.07) is 0. The van der Waals surface area contributed by atoms with Gasteiger partial charge in [-0.15, -0.1) is 0 Å². The highest BCUT2D eigenvalue weighted by molar-refractivity contribution is 5.79. The van der Waals surface area contributed by atoms with Crippen LogP contribution in [0.25, 0.3) is 0 Å². The summed E-state index contributed by atoms with van der Waals surface area (Å²) in [5, 5.41) is 11.3. The summed E-state index contributed by atoms with van der Waals surface area (Å²) >= 11 is 0. The van der Waals surface area contributed by atoms with Crippen molar-refractivity contribution >= 4 is 11.9 Å². The first-order chi connectivity index (χ1) is 6.15.